The number of nitrogens with one attached hydrogen (secondary N) is 2. The quantitative estimate of drug-likeness (QED) is 0.752. The van der Waals surface area contributed by atoms with E-state index in [9.17, 15) is 13.2 Å². The normalized spacial score (nSPS) is 22.8. The third-order valence-corrected chi connectivity index (χ3v) is 7.43. The Morgan fingerprint density at radius 2 is 1.74 bits per heavy atom. The molecule has 1 saturated heterocycles. The van der Waals surface area contributed by atoms with Crippen LogP contribution in [0.15, 0.2) is 0 Å². The molecule has 1 saturated carbocycles. The van der Waals surface area contributed by atoms with Crippen molar-refractivity contribution in [2.75, 3.05) is 25.9 Å². The van der Waals surface area contributed by atoms with Crippen LogP contribution in [-0.2, 0) is 14.6 Å². The predicted molar refractivity (Wildman–Crippen MR) is 95.7 cm³/mol. The fourth-order valence-electron chi connectivity index (χ4n) is 4.02. The highest BCUT2D eigenvalue weighted by molar-refractivity contribution is 7.92. The van der Waals surface area contributed by atoms with Gasteiger partial charge in [0.25, 0.3) is 0 Å². The summed E-state index contributed by atoms with van der Waals surface area (Å²) in [5.41, 5.74) is 0.190. The van der Waals surface area contributed by atoms with Gasteiger partial charge in [0.2, 0.25) is 5.91 Å². The maximum Gasteiger partial charge on any atom is 0.241 e. The van der Waals surface area contributed by atoms with Crippen LogP contribution in [0.3, 0.4) is 0 Å². The number of piperidine rings is 1. The minimum Gasteiger partial charge on any atom is -0.354 e. The summed E-state index contributed by atoms with van der Waals surface area (Å²) >= 11 is 0. The minimum atomic E-state index is -3.42. The van der Waals surface area contributed by atoms with Gasteiger partial charge < -0.3 is 10.6 Å². The maximum atomic E-state index is 12.7. The molecule has 2 fully saturated rings. The van der Waals surface area contributed by atoms with Gasteiger partial charge in [-0.2, -0.15) is 0 Å². The van der Waals surface area contributed by atoms with Gasteiger partial charge in [0, 0.05) is 12.8 Å². The smallest absolute Gasteiger partial charge is 0.241 e. The van der Waals surface area contributed by atoms with Gasteiger partial charge >= 0.3 is 0 Å². The van der Waals surface area contributed by atoms with Crippen molar-refractivity contribution in [1.82, 2.24) is 10.6 Å². The first kappa shape index (κ1) is 20.7. The molecule has 7 heteroatoms. The summed E-state index contributed by atoms with van der Waals surface area (Å²) in [6.07, 6.45) is 6.52. The lowest BCUT2D eigenvalue weighted by molar-refractivity contribution is -0.125. The second-order valence-electron chi connectivity index (χ2n) is 7.65. The van der Waals surface area contributed by atoms with Crippen LogP contribution >= 0.6 is 12.4 Å². The lowest BCUT2D eigenvalue weighted by Gasteiger charge is -2.44. The van der Waals surface area contributed by atoms with E-state index in [1.165, 1.54) is 12.7 Å². The summed E-state index contributed by atoms with van der Waals surface area (Å²) in [6.45, 7) is 6.18. The average Bonchev–Trinajstić information content (AvgIpc) is 2.40. The van der Waals surface area contributed by atoms with Crippen LogP contribution in [0.5, 0.6) is 0 Å². The Bertz CT molecular complexity index is 509. The largest absolute Gasteiger partial charge is 0.354 e. The Kier molecular flexibility index (Phi) is 6.94. The minimum absolute atomic E-state index is 0. The molecule has 2 aliphatic rings. The monoisotopic (exact) mass is 366 g/mol. The molecule has 0 aromatic carbocycles. The molecule has 136 valence electrons. The first-order valence-corrected chi connectivity index (χ1v) is 10.3. The number of carbonyl (C=O) groups excluding carboxylic acids is 1. The lowest BCUT2D eigenvalue weighted by atomic mass is 9.64. The van der Waals surface area contributed by atoms with Crippen LogP contribution in [0, 0.1) is 11.3 Å². The number of halogens is 1. The summed E-state index contributed by atoms with van der Waals surface area (Å²) in [6, 6.07) is 0. The molecule has 1 aliphatic heterocycles. The van der Waals surface area contributed by atoms with Gasteiger partial charge in [-0.25, -0.2) is 8.42 Å². The SMILES string of the molecule is CC(C)CC1(CNC(=O)C2(S(C)(=O)=O)CCNCC2)CCC1.Cl. The first-order chi connectivity index (χ1) is 10.2. The van der Waals surface area contributed by atoms with Crippen LogP contribution in [0.1, 0.15) is 52.4 Å². The zero-order valence-electron chi connectivity index (χ0n) is 14.5. The molecule has 0 unspecified atom stereocenters. The molecule has 2 rings (SSSR count). The van der Waals surface area contributed by atoms with Crippen LogP contribution in [0.4, 0.5) is 0 Å². The van der Waals surface area contributed by atoms with Crippen LogP contribution in [0.25, 0.3) is 0 Å². The Hall–Kier alpha value is -0.330. The molecular formula is C16H31ClN2O3S. The Morgan fingerprint density at radius 1 is 1.17 bits per heavy atom. The second kappa shape index (κ2) is 7.70. The van der Waals surface area contributed by atoms with Crippen molar-refractivity contribution in [1.29, 1.82) is 0 Å². The number of rotatable bonds is 6. The van der Waals surface area contributed by atoms with Gasteiger partial charge in [-0.1, -0.05) is 20.3 Å². The molecule has 2 N–H and O–H groups in total. The van der Waals surface area contributed by atoms with Crippen molar-refractivity contribution >= 4 is 28.2 Å². The molecule has 0 aromatic heterocycles. The molecule has 1 amide bonds. The average molecular weight is 367 g/mol. The number of amides is 1. The molecule has 23 heavy (non-hydrogen) atoms. The van der Waals surface area contributed by atoms with Gasteiger partial charge in [-0.05, 0) is 56.5 Å². The zero-order chi connectivity index (χ0) is 16.4. The summed E-state index contributed by atoms with van der Waals surface area (Å²) in [5.74, 6) is 0.312. The van der Waals surface area contributed by atoms with E-state index in [0.29, 0.717) is 38.4 Å². The van der Waals surface area contributed by atoms with E-state index in [4.69, 9.17) is 0 Å². The Labute approximate surface area is 146 Å². The number of sulfone groups is 1. The van der Waals surface area contributed by atoms with Crippen molar-refractivity contribution in [3.63, 3.8) is 0 Å². The van der Waals surface area contributed by atoms with Gasteiger partial charge in [0.05, 0.1) is 0 Å². The zero-order valence-corrected chi connectivity index (χ0v) is 16.1. The maximum absolute atomic E-state index is 12.7. The second-order valence-corrected chi connectivity index (χ2v) is 9.98. The number of hydrogen-bond acceptors (Lipinski definition) is 4. The Balaban J connectivity index is 0.00000264. The van der Waals surface area contributed by atoms with Gasteiger partial charge in [-0.3, -0.25) is 4.79 Å². The van der Waals surface area contributed by atoms with Gasteiger partial charge in [-0.15, -0.1) is 12.4 Å². The predicted octanol–water partition coefficient (Wildman–Crippen LogP) is 1.91. The molecule has 1 aliphatic carbocycles. The van der Waals surface area contributed by atoms with Crippen molar-refractivity contribution in [3.8, 4) is 0 Å². The van der Waals surface area contributed by atoms with Crippen molar-refractivity contribution in [2.45, 2.75) is 57.1 Å². The van der Waals surface area contributed by atoms with Crippen molar-refractivity contribution in [3.05, 3.63) is 0 Å². The van der Waals surface area contributed by atoms with Gasteiger partial charge in [0.1, 0.15) is 0 Å². The van der Waals surface area contributed by atoms with E-state index < -0.39 is 14.6 Å². The topological polar surface area (TPSA) is 75.3 Å². The summed E-state index contributed by atoms with van der Waals surface area (Å²) < 4.78 is 23.3. The standard InChI is InChI=1S/C16H30N2O3S.ClH/c1-13(2)11-15(5-4-6-15)12-18-14(19)16(22(3,20)21)7-9-17-10-8-16;/h13,17H,4-12H2,1-3H3,(H,18,19);1H. The fourth-order valence-corrected chi connectivity index (χ4v) is 5.38. The van der Waals surface area contributed by atoms with Gasteiger partial charge in [0.15, 0.2) is 14.6 Å². The molecule has 0 atom stereocenters. The van der Waals surface area contributed by atoms with E-state index in [1.807, 2.05) is 0 Å². The van der Waals surface area contributed by atoms with E-state index >= 15 is 0 Å². The highest BCUT2D eigenvalue weighted by Crippen LogP contribution is 2.45. The molecule has 5 nitrogen and oxygen atoms in total. The first-order valence-electron chi connectivity index (χ1n) is 8.39. The number of carbonyl (C=O) groups is 1. The van der Waals surface area contributed by atoms with E-state index in [1.54, 1.807) is 0 Å². The summed E-state index contributed by atoms with van der Waals surface area (Å²) in [7, 11) is -3.42. The molecular weight excluding hydrogens is 336 g/mol. The van der Waals surface area contributed by atoms with E-state index in [0.717, 1.165) is 19.3 Å². The lowest BCUT2D eigenvalue weighted by Crippen LogP contribution is -2.58. The highest BCUT2D eigenvalue weighted by Gasteiger charge is 2.49. The van der Waals surface area contributed by atoms with Crippen LogP contribution in [-0.4, -0.2) is 45.0 Å². The van der Waals surface area contributed by atoms with E-state index in [-0.39, 0.29) is 23.7 Å². The van der Waals surface area contributed by atoms with Crippen LogP contribution in [0.2, 0.25) is 0 Å². The van der Waals surface area contributed by atoms with E-state index in [2.05, 4.69) is 24.5 Å². The molecule has 0 radical (unpaired) electrons. The summed E-state index contributed by atoms with van der Waals surface area (Å²) in [4.78, 5) is 12.7. The third-order valence-electron chi connectivity index (χ3n) is 5.41. The van der Waals surface area contributed by atoms with Crippen molar-refractivity contribution in [2.24, 2.45) is 11.3 Å². The summed E-state index contributed by atoms with van der Waals surface area (Å²) in [5, 5.41) is 6.14. The van der Waals surface area contributed by atoms with Crippen molar-refractivity contribution < 1.29 is 13.2 Å². The molecule has 1 heterocycles. The highest BCUT2D eigenvalue weighted by atomic mass is 35.5. The van der Waals surface area contributed by atoms with Crippen LogP contribution < -0.4 is 10.6 Å². The molecule has 0 spiro atoms. The molecule has 0 aromatic rings. The number of hydrogen-bond donors (Lipinski definition) is 2. The Morgan fingerprint density at radius 3 is 2.13 bits per heavy atom. The fraction of sp³-hybridized carbons (Fsp3) is 0.938. The molecule has 0 bridgehead atoms. The third kappa shape index (κ3) is 4.40.